The molecule has 0 aliphatic heterocycles. The van der Waals surface area contributed by atoms with Gasteiger partial charge in [0, 0.05) is 23.5 Å². The van der Waals surface area contributed by atoms with Gasteiger partial charge in [0.1, 0.15) is 0 Å². The van der Waals surface area contributed by atoms with Gasteiger partial charge in [0.05, 0.1) is 5.01 Å². The van der Waals surface area contributed by atoms with E-state index >= 15 is 0 Å². The van der Waals surface area contributed by atoms with Gasteiger partial charge in [-0.05, 0) is 51.1 Å². The van der Waals surface area contributed by atoms with Crippen LogP contribution in [0.1, 0.15) is 34.7 Å². The quantitative estimate of drug-likeness (QED) is 0.838. The van der Waals surface area contributed by atoms with Gasteiger partial charge >= 0.3 is 0 Å². The molecule has 0 spiro atoms. The smallest absolute Gasteiger partial charge is 0.0931 e. The van der Waals surface area contributed by atoms with Crippen molar-refractivity contribution in [3.8, 4) is 0 Å². The maximum Gasteiger partial charge on any atom is 0.0931 e. The van der Waals surface area contributed by atoms with Gasteiger partial charge in [-0.25, -0.2) is 4.98 Å². The number of hydrogen-bond acceptors (Lipinski definition) is 3. The van der Waals surface area contributed by atoms with Crippen LogP contribution < -0.4 is 5.32 Å². The Labute approximate surface area is 131 Å². The van der Waals surface area contributed by atoms with Gasteiger partial charge in [-0.15, -0.1) is 11.3 Å². The van der Waals surface area contributed by atoms with Crippen LogP contribution in [0, 0.1) is 19.8 Å². The zero-order valence-corrected chi connectivity index (χ0v) is 13.7. The molecule has 1 aromatic heterocycles. The number of aryl methyl sites for hydroxylation is 2. The van der Waals surface area contributed by atoms with Crippen LogP contribution in [0.15, 0.2) is 29.6 Å². The molecule has 1 atom stereocenters. The Bertz CT molecular complexity index is 586. The van der Waals surface area contributed by atoms with E-state index in [2.05, 4.69) is 53.8 Å². The van der Waals surface area contributed by atoms with Crippen molar-refractivity contribution in [2.45, 2.75) is 45.6 Å². The van der Waals surface area contributed by atoms with Gasteiger partial charge in [-0.1, -0.05) is 29.8 Å². The van der Waals surface area contributed by atoms with Gasteiger partial charge < -0.3 is 5.32 Å². The van der Waals surface area contributed by atoms with Crippen LogP contribution in [0.2, 0.25) is 0 Å². The van der Waals surface area contributed by atoms with E-state index in [1.807, 2.05) is 0 Å². The Morgan fingerprint density at radius 2 is 2.14 bits per heavy atom. The highest BCUT2D eigenvalue weighted by atomic mass is 32.1. The summed E-state index contributed by atoms with van der Waals surface area (Å²) in [5, 5.41) is 7.14. The molecule has 0 saturated heterocycles. The second kappa shape index (κ2) is 6.71. The molecule has 0 amide bonds. The SMILES string of the molecule is Cc1cccc(CC(CNC2CC2)Cc2nc(C)cs2)c1. The molecule has 1 aromatic carbocycles. The number of aromatic nitrogens is 1. The largest absolute Gasteiger partial charge is 0.314 e. The topological polar surface area (TPSA) is 24.9 Å². The number of rotatable bonds is 7. The lowest BCUT2D eigenvalue weighted by atomic mass is 9.95. The molecule has 2 nitrogen and oxygen atoms in total. The summed E-state index contributed by atoms with van der Waals surface area (Å²) in [5.41, 5.74) is 3.96. The first kappa shape index (κ1) is 14.7. The van der Waals surface area contributed by atoms with Gasteiger partial charge in [0.15, 0.2) is 0 Å². The number of benzene rings is 1. The van der Waals surface area contributed by atoms with E-state index in [4.69, 9.17) is 0 Å². The fraction of sp³-hybridized carbons (Fsp3) is 0.500. The first-order valence-electron chi connectivity index (χ1n) is 7.89. The van der Waals surface area contributed by atoms with Crippen LogP contribution in [0.3, 0.4) is 0 Å². The summed E-state index contributed by atoms with van der Waals surface area (Å²) in [4.78, 5) is 4.64. The summed E-state index contributed by atoms with van der Waals surface area (Å²) in [6.45, 7) is 5.36. The first-order valence-corrected chi connectivity index (χ1v) is 8.77. The lowest BCUT2D eigenvalue weighted by Crippen LogP contribution is -2.27. The van der Waals surface area contributed by atoms with Crippen LogP contribution in [-0.2, 0) is 12.8 Å². The normalized spacial score (nSPS) is 16.1. The molecule has 1 saturated carbocycles. The van der Waals surface area contributed by atoms with Crippen LogP contribution in [0.5, 0.6) is 0 Å². The maximum absolute atomic E-state index is 4.64. The van der Waals surface area contributed by atoms with Gasteiger partial charge in [0.25, 0.3) is 0 Å². The molecular formula is C18H24N2S. The minimum atomic E-state index is 0.637. The second-order valence-corrected chi connectivity index (χ2v) is 7.27. The van der Waals surface area contributed by atoms with E-state index in [0.717, 1.165) is 31.1 Å². The zero-order valence-electron chi connectivity index (χ0n) is 12.9. The fourth-order valence-corrected chi connectivity index (χ4v) is 3.64. The lowest BCUT2D eigenvalue weighted by Gasteiger charge is -2.17. The monoisotopic (exact) mass is 300 g/mol. The Morgan fingerprint density at radius 3 is 2.81 bits per heavy atom. The lowest BCUT2D eigenvalue weighted by molar-refractivity contribution is 0.468. The Balaban J connectivity index is 1.65. The Kier molecular flexibility index (Phi) is 4.71. The standard InChI is InChI=1S/C18H24N2S/c1-13-4-3-5-15(8-13)9-16(11-19-17-6-7-17)10-18-20-14(2)12-21-18/h3-5,8,12,16-17,19H,6-7,9-11H2,1-2H3. The summed E-state index contributed by atoms with van der Waals surface area (Å²) in [7, 11) is 0. The molecule has 3 heteroatoms. The van der Waals surface area contributed by atoms with Crippen molar-refractivity contribution in [1.82, 2.24) is 10.3 Å². The van der Waals surface area contributed by atoms with Gasteiger partial charge in [-0.2, -0.15) is 0 Å². The van der Waals surface area contributed by atoms with E-state index < -0.39 is 0 Å². The molecule has 1 N–H and O–H groups in total. The second-order valence-electron chi connectivity index (χ2n) is 6.33. The summed E-state index contributed by atoms with van der Waals surface area (Å²) in [6, 6.07) is 9.69. The van der Waals surface area contributed by atoms with Crippen molar-refractivity contribution >= 4 is 11.3 Å². The molecule has 3 rings (SSSR count). The highest BCUT2D eigenvalue weighted by Crippen LogP contribution is 2.22. The van der Waals surface area contributed by atoms with Crippen molar-refractivity contribution in [2.24, 2.45) is 5.92 Å². The highest BCUT2D eigenvalue weighted by molar-refractivity contribution is 7.09. The Morgan fingerprint density at radius 1 is 1.29 bits per heavy atom. The first-order chi connectivity index (χ1) is 10.2. The summed E-state index contributed by atoms with van der Waals surface area (Å²) in [6.07, 6.45) is 4.94. The molecule has 1 aliphatic carbocycles. The molecule has 0 radical (unpaired) electrons. The minimum Gasteiger partial charge on any atom is -0.314 e. The van der Waals surface area contributed by atoms with Gasteiger partial charge in [0.2, 0.25) is 0 Å². The van der Waals surface area contributed by atoms with Crippen molar-refractivity contribution in [2.75, 3.05) is 6.54 Å². The average molecular weight is 300 g/mol. The predicted molar refractivity (Wildman–Crippen MR) is 90.0 cm³/mol. The molecule has 21 heavy (non-hydrogen) atoms. The summed E-state index contributed by atoms with van der Waals surface area (Å²) < 4.78 is 0. The average Bonchev–Trinajstić information content (AvgIpc) is 3.19. The van der Waals surface area contributed by atoms with E-state index in [-0.39, 0.29) is 0 Å². The third kappa shape index (κ3) is 4.65. The third-order valence-electron chi connectivity index (χ3n) is 4.01. The van der Waals surface area contributed by atoms with E-state index in [1.54, 1.807) is 11.3 Å². The number of thiazole rings is 1. The maximum atomic E-state index is 4.64. The molecule has 1 heterocycles. The molecule has 1 aliphatic rings. The summed E-state index contributed by atoms with van der Waals surface area (Å²) in [5.74, 6) is 0.637. The Hall–Kier alpha value is -1.19. The van der Waals surface area contributed by atoms with Gasteiger partial charge in [-0.3, -0.25) is 0 Å². The van der Waals surface area contributed by atoms with E-state index in [0.29, 0.717) is 5.92 Å². The van der Waals surface area contributed by atoms with E-state index in [1.165, 1.54) is 29.0 Å². The van der Waals surface area contributed by atoms with Crippen LogP contribution in [0.25, 0.3) is 0 Å². The molecule has 0 bridgehead atoms. The van der Waals surface area contributed by atoms with Crippen molar-refractivity contribution in [3.63, 3.8) is 0 Å². The molecule has 1 fully saturated rings. The molecule has 2 aromatic rings. The van der Waals surface area contributed by atoms with E-state index in [9.17, 15) is 0 Å². The zero-order chi connectivity index (χ0) is 14.7. The van der Waals surface area contributed by atoms with Crippen molar-refractivity contribution in [1.29, 1.82) is 0 Å². The fourth-order valence-electron chi connectivity index (χ4n) is 2.75. The number of nitrogens with one attached hydrogen (secondary N) is 1. The van der Waals surface area contributed by atoms with Crippen LogP contribution in [-0.4, -0.2) is 17.6 Å². The third-order valence-corrected chi connectivity index (χ3v) is 5.00. The predicted octanol–water partition coefficient (Wildman–Crippen LogP) is 3.91. The number of hydrogen-bond donors (Lipinski definition) is 1. The van der Waals surface area contributed by atoms with Crippen molar-refractivity contribution in [3.05, 3.63) is 51.5 Å². The van der Waals surface area contributed by atoms with Crippen LogP contribution in [0.4, 0.5) is 0 Å². The van der Waals surface area contributed by atoms with Crippen molar-refractivity contribution < 1.29 is 0 Å². The molecular weight excluding hydrogens is 276 g/mol. The number of nitrogens with zero attached hydrogens (tertiary/aromatic N) is 1. The summed E-state index contributed by atoms with van der Waals surface area (Å²) >= 11 is 1.80. The van der Waals surface area contributed by atoms with Crippen LogP contribution >= 0.6 is 11.3 Å². The molecule has 112 valence electrons. The molecule has 1 unspecified atom stereocenters. The minimum absolute atomic E-state index is 0.637. The highest BCUT2D eigenvalue weighted by Gasteiger charge is 2.22.